The average molecular weight is 426 g/mol. The van der Waals surface area contributed by atoms with Gasteiger partial charge in [0.05, 0.1) is 16.8 Å². The number of rotatable bonds is 7. The number of benzene rings is 2. The molecule has 1 heterocycles. The van der Waals surface area contributed by atoms with Gasteiger partial charge >= 0.3 is 5.97 Å². The van der Waals surface area contributed by atoms with Crippen LogP contribution in [0.1, 0.15) is 47.9 Å². The molecular formula is C23H23FN2O5. The molecule has 0 aliphatic carbocycles. The van der Waals surface area contributed by atoms with Crippen LogP contribution in [0.15, 0.2) is 48.5 Å². The van der Waals surface area contributed by atoms with Crippen LogP contribution in [0.4, 0.5) is 10.1 Å². The summed E-state index contributed by atoms with van der Waals surface area (Å²) in [6, 6.07) is 10.7. The molecule has 2 aromatic rings. The van der Waals surface area contributed by atoms with Crippen molar-refractivity contribution in [2.24, 2.45) is 5.92 Å². The maximum absolute atomic E-state index is 13.8. The molecule has 2 atom stereocenters. The highest BCUT2D eigenvalue weighted by Gasteiger charge is 2.44. The molecule has 3 rings (SSSR count). The normalized spacial score (nSPS) is 14.9. The van der Waals surface area contributed by atoms with E-state index in [0.717, 1.165) is 4.90 Å². The summed E-state index contributed by atoms with van der Waals surface area (Å²) >= 11 is 0. The summed E-state index contributed by atoms with van der Waals surface area (Å²) in [5.41, 5.74) is 0.397. The molecule has 0 aromatic heterocycles. The average Bonchev–Trinajstić information content (AvgIpc) is 2.98. The second kappa shape index (κ2) is 9.07. The van der Waals surface area contributed by atoms with Gasteiger partial charge in [-0.05, 0) is 43.5 Å². The first-order valence-electron chi connectivity index (χ1n) is 9.93. The van der Waals surface area contributed by atoms with E-state index < -0.39 is 41.7 Å². The fraction of sp³-hybridized carbons (Fsp3) is 0.304. The van der Waals surface area contributed by atoms with Gasteiger partial charge in [0.25, 0.3) is 17.7 Å². The van der Waals surface area contributed by atoms with Gasteiger partial charge < -0.3 is 10.1 Å². The lowest BCUT2D eigenvalue weighted by atomic mass is 10.0. The first kappa shape index (κ1) is 22.1. The van der Waals surface area contributed by atoms with Crippen LogP contribution in [0.25, 0.3) is 0 Å². The maximum Gasteiger partial charge on any atom is 0.330 e. The number of nitrogens with one attached hydrogen (secondary N) is 1. The Morgan fingerprint density at radius 2 is 1.52 bits per heavy atom. The van der Waals surface area contributed by atoms with E-state index in [1.165, 1.54) is 37.3 Å². The fourth-order valence-corrected chi connectivity index (χ4v) is 3.35. The van der Waals surface area contributed by atoms with Crippen LogP contribution in [-0.2, 0) is 14.3 Å². The van der Waals surface area contributed by atoms with Gasteiger partial charge in [0.2, 0.25) is 0 Å². The smallest absolute Gasteiger partial charge is 0.330 e. The van der Waals surface area contributed by atoms with Crippen LogP contribution in [0.2, 0.25) is 0 Å². The van der Waals surface area contributed by atoms with Crippen molar-refractivity contribution >= 4 is 29.4 Å². The van der Waals surface area contributed by atoms with Gasteiger partial charge in [0.15, 0.2) is 6.10 Å². The molecule has 0 radical (unpaired) electrons. The van der Waals surface area contributed by atoms with Crippen molar-refractivity contribution in [3.63, 3.8) is 0 Å². The molecular weight excluding hydrogens is 403 g/mol. The zero-order valence-corrected chi connectivity index (χ0v) is 17.4. The molecule has 0 spiro atoms. The highest BCUT2D eigenvalue weighted by molar-refractivity contribution is 6.22. The number of para-hydroxylation sites is 1. The molecule has 8 heteroatoms. The van der Waals surface area contributed by atoms with E-state index in [-0.39, 0.29) is 29.2 Å². The van der Waals surface area contributed by atoms with Gasteiger partial charge in [-0.25, -0.2) is 9.18 Å². The van der Waals surface area contributed by atoms with E-state index in [0.29, 0.717) is 0 Å². The molecule has 31 heavy (non-hydrogen) atoms. The number of carbonyl (C=O) groups excluding carboxylic acids is 4. The minimum atomic E-state index is -1.27. The number of carbonyl (C=O) groups is 4. The predicted molar refractivity (Wildman–Crippen MR) is 111 cm³/mol. The van der Waals surface area contributed by atoms with E-state index in [1.807, 2.05) is 13.8 Å². The topological polar surface area (TPSA) is 92.8 Å². The van der Waals surface area contributed by atoms with Crippen molar-refractivity contribution in [3.05, 3.63) is 65.5 Å². The maximum atomic E-state index is 13.8. The second-order valence-corrected chi connectivity index (χ2v) is 7.72. The Labute approximate surface area is 179 Å². The Morgan fingerprint density at radius 1 is 0.968 bits per heavy atom. The Kier molecular flexibility index (Phi) is 6.48. The quantitative estimate of drug-likeness (QED) is 0.541. The molecule has 0 saturated heterocycles. The molecule has 0 fully saturated rings. The zero-order valence-electron chi connectivity index (χ0n) is 17.4. The van der Waals surface area contributed by atoms with Gasteiger partial charge in [-0.1, -0.05) is 38.1 Å². The molecule has 2 unspecified atom stereocenters. The molecule has 7 nitrogen and oxygen atoms in total. The Balaban J connectivity index is 1.76. The lowest BCUT2D eigenvalue weighted by molar-refractivity contribution is -0.157. The number of fused-ring (bicyclic) bond motifs is 1. The van der Waals surface area contributed by atoms with Crippen molar-refractivity contribution in [1.82, 2.24) is 4.90 Å². The molecule has 1 N–H and O–H groups in total. The standard InChI is InChI=1S/C23H23FN2O5/c1-13(2)12-19(26-21(28)15-8-4-5-9-16(15)22(26)29)23(30)31-14(3)20(27)25-18-11-7-6-10-17(18)24/h4-11,13-14,19H,12H2,1-3H3,(H,25,27). The third kappa shape index (κ3) is 4.63. The minimum absolute atomic E-state index is 0.0376. The molecule has 1 aliphatic heterocycles. The fourth-order valence-electron chi connectivity index (χ4n) is 3.35. The number of amides is 3. The van der Waals surface area contributed by atoms with Crippen molar-refractivity contribution < 1.29 is 28.3 Å². The molecule has 3 amide bonds. The van der Waals surface area contributed by atoms with E-state index in [1.54, 1.807) is 18.2 Å². The summed E-state index contributed by atoms with van der Waals surface area (Å²) in [5.74, 6) is -3.43. The van der Waals surface area contributed by atoms with Crippen LogP contribution >= 0.6 is 0 Å². The van der Waals surface area contributed by atoms with Gasteiger partial charge in [-0.2, -0.15) is 0 Å². The summed E-state index contributed by atoms with van der Waals surface area (Å²) in [6.07, 6.45) is -1.09. The van der Waals surface area contributed by atoms with Gasteiger partial charge in [-0.3, -0.25) is 19.3 Å². The minimum Gasteiger partial charge on any atom is -0.451 e. The number of nitrogens with zero attached hydrogens (tertiary/aromatic N) is 1. The van der Waals surface area contributed by atoms with Crippen LogP contribution in [0, 0.1) is 11.7 Å². The van der Waals surface area contributed by atoms with Crippen LogP contribution < -0.4 is 5.32 Å². The number of imide groups is 1. The summed E-state index contributed by atoms with van der Waals surface area (Å²) in [4.78, 5) is 51.8. The van der Waals surface area contributed by atoms with Crippen LogP contribution in [-0.4, -0.2) is 40.7 Å². The molecule has 2 aromatic carbocycles. The Hall–Kier alpha value is -3.55. The molecule has 0 bridgehead atoms. The Bertz CT molecular complexity index is 1000. The Morgan fingerprint density at radius 3 is 2.06 bits per heavy atom. The lowest BCUT2D eigenvalue weighted by Gasteiger charge is -2.27. The summed E-state index contributed by atoms with van der Waals surface area (Å²) < 4.78 is 19.0. The number of hydrogen-bond donors (Lipinski definition) is 1. The third-order valence-corrected chi connectivity index (χ3v) is 4.90. The number of hydrogen-bond acceptors (Lipinski definition) is 5. The molecule has 1 aliphatic rings. The predicted octanol–water partition coefficient (Wildman–Crippen LogP) is 3.41. The lowest BCUT2D eigenvalue weighted by Crippen LogP contribution is -2.48. The highest BCUT2D eigenvalue weighted by Crippen LogP contribution is 2.27. The van der Waals surface area contributed by atoms with Crippen LogP contribution in [0.5, 0.6) is 0 Å². The van der Waals surface area contributed by atoms with Gasteiger partial charge in [0.1, 0.15) is 11.9 Å². The van der Waals surface area contributed by atoms with E-state index >= 15 is 0 Å². The van der Waals surface area contributed by atoms with Crippen molar-refractivity contribution in [2.75, 3.05) is 5.32 Å². The first-order chi connectivity index (χ1) is 14.7. The monoisotopic (exact) mass is 426 g/mol. The second-order valence-electron chi connectivity index (χ2n) is 7.72. The van der Waals surface area contributed by atoms with E-state index in [4.69, 9.17) is 4.74 Å². The van der Waals surface area contributed by atoms with Crippen molar-refractivity contribution in [1.29, 1.82) is 0 Å². The summed E-state index contributed by atoms with van der Waals surface area (Å²) in [7, 11) is 0. The zero-order chi connectivity index (χ0) is 22.7. The van der Waals surface area contributed by atoms with Crippen molar-refractivity contribution in [2.45, 2.75) is 39.3 Å². The van der Waals surface area contributed by atoms with Gasteiger partial charge in [-0.15, -0.1) is 0 Å². The van der Waals surface area contributed by atoms with E-state index in [9.17, 15) is 23.6 Å². The first-order valence-corrected chi connectivity index (χ1v) is 9.93. The third-order valence-electron chi connectivity index (χ3n) is 4.90. The number of esters is 1. The van der Waals surface area contributed by atoms with Gasteiger partial charge in [0, 0.05) is 0 Å². The molecule has 162 valence electrons. The SMILES string of the molecule is CC(C)CC(C(=O)OC(C)C(=O)Nc1ccccc1F)N1C(=O)c2ccccc2C1=O. The number of ether oxygens (including phenoxy) is 1. The summed E-state index contributed by atoms with van der Waals surface area (Å²) in [5, 5.41) is 2.36. The summed E-state index contributed by atoms with van der Waals surface area (Å²) in [6.45, 7) is 5.02. The highest BCUT2D eigenvalue weighted by atomic mass is 19.1. The van der Waals surface area contributed by atoms with Crippen molar-refractivity contribution in [3.8, 4) is 0 Å². The van der Waals surface area contributed by atoms with E-state index in [2.05, 4.69) is 5.32 Å². The number of halogens is 1. The largest absolute Gasteiger partial charge is 0.451 e. The molecule has 0 saturated carbocycles. The van der Waals surface area contributed by atoms with Crippen LogP contribution in [0.3, 0.4) is 0 Å². The number of anilines is 1.